The van der Waals surface area contributed by atoms with E-state index in [9.17, 15) is 9.59 Å². The lowest BCUT2D eigenvalue weighted by Crippen LogP contribution is -2.11. The minimum atomic E-state index is -0.423. The highest BCUT2D eigenvalue weighted by atomic mass is 32.2. The summed E-state index contributed by atoms with van der Waals surface area (Å²) < 4.78 is 0. The third-order valence-corrected chi connectivity index (χ3v) is 8.93. The molecule has 2 rings (SSSR count). The fourth-order valence-electron chi connectivity index (χ4n) is 5.16. The van der Waals surface area contributed by atoms with Crippen molar-refractivity contribution in [1.82, 2.24) is 0 Å². The van der Waals surface area contributed by atoms with Crippen LogP contribution in [0.1, 0.15) is 168 Å². The molecule has 5 heteroatoms. The Labute approximate surface area is 280 Å². The molecule has 0 saturated carbocycles. The van der Waals surface area contributed by atoms with E-state index in [2.05, 4.69) is 72.2 Å². The highest BCUT2D eigenvalue weighted by Crippen LogP contribution is 2.26. The third-order valence-electron chi connectivity index (χ3n) is 7.92. The zero-order valence-corrected chi connectivity index (χ0v) is 29.6. The number of hydrogen-bond acceptors (Lipinski definition) is 5. The van der Waals surface area contributed by atoms with E-state index in [1.807, 2.05) is 12.1 Å². The van der Waals surface area contributed by atoms with Gasteiger partial charge in [0.25, 0.3) is 0 Å². The molecule has 2 aromatic rings. The largest absolute Gasteiger partial charge is 0.355 e. The van der Waals surface area contributed by atoms with E-state index in [0.29, 0.717) is 12.8 Å². The number of hydrogen-bond donors (Lipinski definition) is 0. The van der Waals surface area contributed by atoms with E-state index in [4.69, 9.17) is 0 Å². The maximum atomic E-state index is 11.7. The molecule has 0 spiro atoms. The van der Waals surface area contributed by atoms with Crippen molar-refractivity contribution in [3.05, 3.63) is 60.7 Å². The molecule has 254 valence electrons. The predicted molar refractivity (Wildman–Crippen MR) is 191 cm³/mol. The van der Waals surface area contributed by atoms with Gasteiger partial charge in [-0.05, 0) is 37.1 Å². The van der Waals surface area contributed by atoms with Gasteiger partial charge in [0.2, 0.25) is 0 Å². The normalized spacial score (nSPS) is 10.6. The molecular weight excluding hydrogens is 577 g/mol. The van der Waals surface area contributed by atoms with Crippen LogP contribution < -0.4 is 0 Å². The summed E-state index contributed by atoms with van der Waals surface area (Å²) in [5.41, 5.74) is 0. The Hall–Kier alpha value is -2.27. The molecule has 0 N–H and O–H groups in total. The van der Waals surface area contributed by atoms with Gasteiger partial charge in [-0.2, -0.15) is 0 Å². The van der Waals surface area contributed by atoms with Crippen molar-refractivity contribution in [3.63, 3.8) is 0 Å². The lowest BCUT2D eigenvalue weighted by Gasteiger charge is -2.04. The van der Waals surface area contributed by atoms with Gasteiger partial charge in [-0.25, -0.2) is 19.4 Å². The molecule has 2 aromatic carbocycles. The summed E-state index contributed by atoms with van der Waals surface area (Å²) in [6.45, 7) is 4.50. The monoisotopic (exact) mass is 640 g/mol. The van der Waals surface area contributed by atoms with Crippen LogP contribution in [0.4, 0.5) is 0 Å². The summed E-state index contributed by atoms with van der Waals surface area (Å²) in [4.78, 5) is 35.2. The van der Waals surface area contributed by atoms with Crippen LogP contribution >= 0.6 is 11.8 Å². The van der Waals surface area contributed by atoms with Crippen LogP contribution in [-0.4, -0.2) is 11.9 Å². The van der Waals surface area contributed by atoms with Gasteiger partial charge in [0.1, 0.15) is 0 Å². The Morgan fingerprint density at radius 2 is 0.689 bits per heavy atom. The lowest BCUT2D eigenvalue weighted by molar-refractivity contribution is -0.259. The van der Waals surface area contributed by atoms with E-state index in [-0.39, 0.29) is 0 Å². The van der Waals surface area contributed by atoms with Crippen LogP contribution in [0.5, 0.6) is 0 Å². The third kappa shape index (κ3) is 27.7. The van der Waals surface area contributed by atoms with Gasteiger partial charge < -0.3 is 0 Å². The molecule has 0 atom stereocenters. The highest BCUT2D eigenvalue weighted by Gasteiger charge is 2.09. The standard InChI is InChI=1S/C28H54O4.C12H10S/c1-3-5-7-9-11-13-15-17-19-21-23-25-27(29)31-32-28(30)26-24-22-20-18-16-14-12-10-8-6-4-2;1-3-7-11(8-4-1)13-12-9-5-2-6-10-12/h3-26H2,1-2H3;1-10H. The second-order valence-electron chi connectivity index (χ2n) is 12.2. The van der Waals surface area contributed by atoms with Crippen molar-refractivity contribution in [1.29, 1.82) is 0 Å². The van der Waals surface area contributed by atoms with Gasteiger partial charge in [0.15, 0.2) is 0 Å². The van der Waals surface area contributed by atoms with E-state index in [1.165, 1.54) is 125 Å². The van der Waals surface area contributed by atoms with Crippen LogP contribution in [-0.2, 0) is 19.4 Å². The van der Waals surface area contributed by atoms with Crippen molar-refractivity contribution in [3.8, 4) is 0 Å². The fourth-order valence-corrected chi connectivity index (χ4v) is 6.02. The fraction of sp³-hybridized carbons (Fsp3) is 0.650. The maximum Gasteiger partial charge on any atom is 0.355 e. The molecule has 45 heavy (non-hydrogen) atoms. The van der Waals surface area contributed by atoms with Crippen LogP contribution in [0.25, 0.3) is 0 Å². The molecule has 0 bridgehead atoms. The van der Waals surface area contributed by atoms with Gasteiger partial charge in [-0.1, -0.05) is 190 Å². The average Bonchev–Trinajstić information content (AvgIpc) is 3.06. The molecule has 0 unspecified atom stereocenters. The predicted octanol–water partition coefficient (Wildman–Crippen LogP) is 13.2. The Bertz CT molecular complexity index is 843. The minimum Gasteiger partial charge on any atom is -0.247 e. The first kappa shape index (κ1) is 40.8. The molecule has 0 saturated heterocycles. The SMILES string of the molecule is CCCCCCCCCCCCCC(=O)OOC(=O)CCCCCCCCCCCCC.c1ccc(Sc2ccccc2)cc1. The summed E-state index contributed by atoms with van der Waals surface area (Å²) >= 11 is 1.79. The van der Waals surface area contributed by atoms with Crippen LogP contribution in [0.2, 0.25) is 0 Å². The Balaban J connectivity index is 0.000000635. The van der Waals surface area contributed by atoms with E-state index in [1.54, 1.807) is 11.8 Å². The van der Waals surface area contributed by atoms with E-state index in [0.717, 1.165) is 25.7 Å². The zero-order chi connectivity index (χ0) is 32.5. The first-order valence-corrected chi connectivity index (χ1v) is 19.2. The van der Waals surface area contributed by atoms with Crippen molar-refractivity contribution in [2.24, 2.45) is 0 Å². The van der Waals surface area contributed by atoms with Gasteiger partial charge >= 0.3 is 11.9 Å². The number of carbonyl (C=O) groups excluding carboxylic acids is 2. The second-order valence-corrected chi connectivity index (χ2v) is 13.4. The van der Waals surface area contributed by atoms with Crippen molar-refractivity contribution in [2.45, 2.75) is 178 Å². The van der Waals surface area contributed by atoms with Crippen LogP contribution in [0, 0.1) is 0 Å². The molecule has 0 radical (unpaired) electrons. The van der Waals surface area contributed by atoms with Crippen LogP contribution in [0.15, 0.2) is 70.5 Å². The Kier molecular flexibility index (Phi) is 28.7. The zero-order valence-electron chi connectivity index (χ0n) is 28.8. The number of carbonyl (C=O) groups is 2. The summed E-state index contributed by atoms with van der Waals surface area (Å²) in [7, 11) is 0. The van der Waals surface area contributed by atoms with E-state index >= 15 is 0 Å². The van der Waals surface area contributed by atoms with Gasteiger partial charge in [0, 0.05) is 9.79 Å². The molecule has 0 heterocycles. The smallest absolute Gasteiger partial charge is 0.247 e. The molecular formula is C40H64O4S. The lowest BCUT2D eigenvalue weighted by atomic mass is 10.1. The minimum absolute atomic E-state index is 0.336. The van der Waals surface area contributed by atoms with Crippen LogP contribution in [0.3, 0.4) is 0 Å². The van der Waals surface area contributed by atoms with E-state index < -0.39 is 11.9 Å². The van der Waals surface area contributed by atoms with Gasteiger partial charge in [-0.3, -0.25) is 0 Å². The molecule has 0 aromatic heterocycles. The average molecular weight is 641 g/mol. The molecule has 0 aliphatic rings. The summed E-state index contributed by atoms with van der Waals surface area (Å²) in [6, 6.07) is 20.8. The van der Waals surface area contributed by atoms with Gasteiger partial charge in [-0.15, -0.1) is 0 Å². The second kappa shape index (κ2) is 31.7. The number of benzene rings is 2. The highest BCUT2D eigenvalue weighted by molar-refractivity contribution is 7.99. The van der Waals surface area contributed by atoms with Gasteiger partial charge in [0.05, 0.1) is 12.8 Å². The van der Waals surface area contributed by atoms with Crippen molar-refractivity contribution >= 4 is 23.7 Å². The number of rotatable bonds is 26. The van der Waals surface area contributed by atoms with Crippen molar-refractivity contribution in [2.75, 3.05) is 0 Å². The summed E-state index contributed by atoms with van der Waals surface area (Å²) in [5.74, 6) is -0.846. The summed E-state index contributed by atoms with van der Waals surface area (Å²) in [6.07, 6.45) is 28.0. The molecule has 0 fully saturated rings. The number of unbranched alkanes of at least 4 members (excludes halogenated alkanes) is 20. The molecule has 0 amide bonds. The Morgan fingerprint density at radius 1 is 0.422 bits per heavy atom. The Morgan fingerprint density at radius 3 is 0.978 bits per heavy atom. The molecule has 0 aliphatic heterocycles. The first-order valence-electron chi connectivity index (χ1n) is 18.3. The summed E-state index contributed by atoms with van der Waals surface area (Å²) in [5, 5.41) is 0. The maximum absolute atomic E-state index is 11.7. The quantitative estimate of drug-likeness (QED) is 0.0582. The first-order chi connectivity index (χ1) is 22.2. The molecule has 0 aliphatic carbocycles. The van der Waals surface area contributed by atoms with Crippen molar-refractivity contribution < 1.29 is 19.4 Å². The molecule has 4 nitrogen and oxygen atoms in total. The topological polar surface area (TPSA) is 52.6 Å².